The Morgan fingerprint density at radius 2 is 2.04 bits per heavy atom. The number of carbonyl (C=O) groups excluding carboxylic acids is 3. The van der Waals surface area contributed by atoms with Crippen LogP contribution in [-0.4, -0.2) is 43.3 Å². The number of hydrogen-bond donors (Lipinski definition) is 0. The molecule has 1 aromatic heterocycles. The van der Waals surface area contributed by atoms with Crippen molar-refractivity contribution < 1.29 is 37.7 Å². The minimum atomic E-state index is -0.738. The Kier molecular flexibility index (Phi) is 7.14. The number of carbonyl (C=O) groups is 3. The van der Waals surface area contributed by atoms with Crippen molar-refractivity contribution in [2.45, 2.75) is 39.0 Å². The van der Waals surface area contributed by atoms with Crippen LogP contribution in [0.3, 0.4) is 0 Å². The third-order valence-electron chi connectivity index (χ3n) is 3.14. The van der Waals surface area contributed by atoms with E-state index >= 15 is 0 Å². The predicted molar refractivity (Wildman–Crippen MR) is 91.8 cm³/mol. The molecule has 1 aromatic rings. The molecule has 0 N–H and O–H groups in total. The van der Waals surface area contributed by atoms with Crippen molar-refractivity contribution in [3.05, 3.63) is 33.3 Å². The molecule has 0 aliphatic carbocycles. The van der Waals surface area contributed by atoms with E-state index in [4.69, 9.17) is 23.4 Å². The number of ether oxygens (including phenoxy) is 4. The third kappa shape index (κ3) is 5.94. The van der Waals surface area contributed by atoms with Gasteiger partial charge in [0.1, 0.15) is 25.1 Å². The molecule has 0 saturated heterocycles. The second-order valence-electron chi connectivity index (χ2n) is 5.17. The van der Waals surface area contributed by atoms with Gasteiger partial charge in [0.05, 0.1) is 0 Å². The predicted octanol–water partition coefficient (Wildman–Crippen LogP) is 2.15. The van der Waals surface area contributed by atoms with Gasteiger partial charge in [-0.2, -0.15) is 0 Å². The second-order valence-corrected chi connectivity index (χ2v) is 6.41. The van der Waals surface area contributed by atoms with Crippen molar-refractivity contribution in [1.82, 2.24) is 0 Å². The summed E-state index contributed by atoms with van der Waals surface area (Å²) in [4.78, 5) is 32.9. The van der Waals surface area contributed by atoms with E-state index < -0.39 is 30.4 Å². The summed E-state index contributed by atoms with van der Waals surface area (Å²) in [6, 6.07) is 3.16. The molecule has 1 aliphatic rings. The Labute approximate surface area is 157 Å². The van der Waals surface area contributed by atoms with Crippen molar-refractivity contribution in [2.24, 2.45) is 0 Å². The highest BCUT2D eigenvalue weighted by atomic mass is 127. The first-order chi connectivity index (χ1) is 11.9. The maximum atomic E-state index is 11.2. The minimum absolute atomic E-state index is 0.0798. The molecule has 136 valence electrons. The van der Waals surface area contributed by atoms with Crippen LogP contribution in [0.15, 0.2) is 26.2 Å². The van der Waals surface area contributed by atoms with E-state index in [1.165, 1.54) is 19.9 Å². The van der Waals surface area contributed by atoms with Crippen LogP contribution in [0.4, 0.5) is 0 Å². The van der Waals surface area contributed by atoms with Gasteiger partial charge in [0, 0.05) is 17.4 Å². The van der Waals surface area contributed by atoms with Crippen LogP contribution < -0.4 is 0 Å². The van der Waals surface area contributed by atoms with Crippen molar-refractivity contribution in [3.8, 4) is 0 Å². The molecule has 3 atom stereocenters. The molecular formula is C16H17IO8. The summed E-state index contributed by atoms with van der Waals surface area (Å²) >= 11 is 2.01. The summed E-state index contributed by atoms with van der Waals surface area (Å²) in [6.45, 7) is 2.56. The van der Waals surface area contributed by atoms with Gasteiger partial charge in [-0.3, -0.25) is 14.4 Å². The fourth-order valence-electron chi connectivity index (χ4n) is 2.09. The Morgan fingerprint density at radius 3 is 2.64 bits per heavy atom. The lowest BCUT2D eigenvalue weighted by Gasteiger charge is -2.33. The second kappa shape index (κ2) is 9.11. The average molecular weight is 464 g/mol. The van der Waals surface area contributed by atoms with Gasteiger partial charge in [-0.15, -0.1) is 0 Å². The summed E-state index contributed by atoms with van der Waals surface area (Å²) < 4.78 is 27.4. The van der Waals surface area contributed by atoms with E-state index in [0.29, 0.717) is 15.6 Å². The lowest BCUT2D eigenvalue weighted by molar-refractivity contribution is -0.201. The Morgan fingerprint density at radius 1 is 1.28 bits per heavy atom. The molecule has 0 radical (unpaired) electrons. The SMILES string of the molecule is CC(=O)OCC1OC(OCc2ccc(C=O)o2)C(I)=CC1OC(C)=O. The van der Waals surface area contributed by atoms with Gasteiger partial charge in [-0.05, 0) is 40.8 Å². The fourth-order valence-corrected chi connectivity index (χ4v) is 2.77. The molecule has 8 nitrogen and oxygen atoms in total. The Hall–Kier alpha value is -1.72. The summed E-state index contributed by atoms with van der Waals surface area (Å²) in [5.41, 5.74) is 0. The molecule has 0 bridgehead atoms. The number of halogens is 1. The van der Waals surface area contributed by atoms with Crippen molar-refractivity contribution >= 4 is 40.8 Å². The molecule has 0 amide bonds. The van der Waals surface area contributed by atoms with Crippen molar-refractivity contribution in [2.75, 3.05) is 6.61 Å². The number of furan rings is 1. The monoisotopic (exact) mass is 464 g/mol. The molecule has 2 rings (SSSR count). The maximum Gasteiger partial charge on any atom is 0.303 e. The van der Waals surface area contributed by atoms with Gasteiger partial charge in [0.2, 0.25) is 0 Å². The number of hydrogen-bond acceptors (Lipinski definition) is 8. The lowest BCUT2D eigenvalue weighted by atomic mass is 10.1. The number of esters is 2. The van der Waals surface area contributed by atoms with Crippen LogP contribution >= 0.6 is 22.6 Å². The molecule has 3 unspecified atom stereocenters. The van der Waals surface area contributed by atoms with Gasteiger partial charge in [0.25, 0.3) is 0 Å². The first-order valence-corrected chi connectivity index (χ1v) is 8.45. The molecule has 0 spiro atoms. The minimum Gasteiger partial charge on any atom is -0.463 e. The molecule has 2 heterocycles. The smallest absolute Gasteiger partial charge is 0.303 e. The maximum absolute atomic E-state index is 11.2. The number of rotatable bonds is 7. The standard InChI is InChI=1S/C16H17IO8/c1-9(19)21-8-15-14(23-10(2)20)5-13(17)16(25-15)22-7-12-4-3-11(6-18)24-12/h3-6,14-16H,7-8H2,1-2H3. The third-order valence-corrected chi connectivity index (χ3v) is 4.01. The van der Waals surface area contributed by atoms with E-state index in [1.54, 1.807) is 12.1 Å². The van der Waals surface area contributed by atoms with Gasteiger partial charge in [-0.1, -0.05) is 0 Å². The highest BCUT2D eigenvalue weighted by Crippen LogP contribution is 2.28. The largest absolute Gasteiger partial charge is 0.463 e. The van der Waals surface area contributed by atoms with E-state index in [1.807, 2.05) is 22.6 Å². The van der Waals surface area contributed by atoms with Crippen molar-refractivity contribution in [3.63, 3.8) is 0 Å². The molecule has 0 fully saturated rings. The Bertz CT molecular complexity index is 665. The molecule has 9 heteroatoms. The van der Waals surface area contributed by atoms with E-state index in [2.05, 4.69) is 0 Å². The van der Waals surface area contributed by atoms with Crippen molar-refractivity contribution in [1.29, 1.82) is 0 Å². The van der Waals surface area contributed by atoms with E-state index in [-0.39, 0.29) is 19.0 Å². The summed E-state index contributed by atoms with van der Waals surface area (Å²) in [6.07, 6.45) is 0.164. The van der Waals surface area contributed by atoms with E-state index in [0.717, 1.165) is 0 Å². The van der Waals surface area contributed by atoms with Crippen LogP contribution in [0.25, 0.3) is 0 Å². The first kappa shape index (κ1) is 19.6. The summed E-state index contributed by atoms with van der Waals surface area (Å²) in [5.74, 6) is -0.272. The van der Waals surface area contributed by atoms with Crippen LogP contribution in [0, 0.1) is 0 Å². The Balaban J connectivity index is 2.03. The summed E-state index contributed by atoms with van der Waals surface area (Å²) in [5, 5.41) is 0. The van der Waals surface area contributed by atoms with E-state index in [9.17, 15) is 14.4 Å². The molecule has 0 saturated carbocycles. The topological polar surface area (TPSA) is 101 Å². The highest BCUT2D eigenvalue weighted by Gasteiger charge is 2.34. The zero-order chi connectivity index (χ0) is 18.4. The zero-order valence-electron chi connectivity index (χ0n) is 13.6. The van der Waals surface area contributed by atoms with Gasteiger partial charge in [0.15, 0.2) is 24.4 Å². The van der Waals surface area contributed by atoms with Gasteiger partial charge in [-0.25, -0.2) is 0 Å². The van der Waals surface area contributed by atoms with Crippen LogP contribution in [0.2, 0.25) is 0 Å². The fraction of sp³-hybridized carbons (Fsp3) is 0.438. The number of aldehydes is 1. The lowest BCUT2D eigenvalue weighted by Crippen LogP contribution is -2.43. The summed E-state index contributed by atoms with van der Waals surface area (Å²) in [7, 11) is 0. The van der Waals surface area contributed by atoms with Gasteiger partial charge >= 0.3 is 11.9 Å². The quantitative estimate of drug-likeness (QED) is 0.344. The average Bonchev–Trinajstić information content (AvgIpc) is 3.00. The molecule has 0 aromatic carbocycles. The van der Waals surface area contributed by atoms with Crippen LogP contribution in [0.1, 0.15) is 30.2 Å². The first-order valence-electron chi connectivity index (χ1n) is 7.37. The van der Waals surface area contributed by atoms with Gasteiger partial charge < -0.3 is 23.4 Å². The van der Waals surface area contributed by atoms with Crippen LogP contribution in [-0.2, 0) is 35.1 Å². The zero-order valence-corrected chi connectivity index (χ0v) is 15.8. The highest BCUT2D eigenvalue weighted by molar-refractivity contribution is 14.1. The van der Waals surface area contributed by atoms with Crippen LogP contribution in [0.5, 0.6) is 0 Å². The molecular weight excluding hydrogens is 447 g/mol. The normalized spacial score (nSPS) is 22.8. The molecule has 1 aliphatic heterocycles. The molecule has 25 heavy (non-hydrogen) atoms.